The van der Waals surface area contributed by atoms with Crippen molar-refractivity contribution >= 4 is 17.6 Å². The van der Waals surface area contributed by atoms with Gasteiger partial charge in [-0.05, 0) is 26.0 Å². The molecule has 0 aliphatic heterocycles. The Balaban J connectivity index is 2.88. The number of rotatable bonds is 3. The third kappa shape index (κ3) is 2.73. The van der Waals surface area contributed by atoms with Gasteiger partial charge in [0, 0.05) is 5.69 Å². The summed E-state index contributed by atoms with van der Waals surface area (Å²) in [6, 6.07) is 4.09. The van der Waals surface area contributed by atoms with Crippen LogP contribution in [0.5, 0.6) is 0 Å². The van der Waals surface area contributed by atoms with Crippen LogP contribution in [0.2, 0.25) is 0 Å². The highest BCUT2D eigenvalue weighted by Gasteiger charge is 2.16. The lowest BCUT2D eigenvalue weighted by Gasteiger charge is -2.11. The lowest BCUT2D eigenvalue weighted by atomic mass is 10.1. The molecular weight excluding hydrogens is 208 g/mol. The minimum atomic E-state index is -1.08. The van der Waals surface area contributed by atoms with Gasteiger partial charge in [-0.2, -0.15) is 0 Å². The minimum Gasteiger partial charge on any atom is -0.480 e. The maximum atomic E-state index is 11.7. The highest BCUT2D eigenvalue weighted by atomic mass is 16.4. The van der Waals surface area contributed by atoms with E-state index >= 15 is 0 Å². The zero-order chi connectivity index (χ0) is 12.3. The molecule has 0 fully saturated rings. The average molecular weight is 222 g/mol. The molecule has 1 unspecified atom stereocenters. The van der Waals surface area contributed by atoms with Gasteiger partial charge in [-0.15, -0.1) is 0 Å². The van der Waals surface area contributed by atoms with E-state index in [2.05, 4.69) is 5.32 Å². The van der Waals surface area contributed by atoms with Crippen molar-refractivity contribution in [3.05, 3.63) is 29.3 Å². The second-order valence-electron chi connectivity index (χ2n) is 3.62. The molecular formula is C11H14N2O3. The first kappa shape index (κ1) is 12.0. The normalized spacial score (nSPS) is 11.9. The first-order chi connectivity index (χ1) is 7.41. The van der Waals surface area contributed by atoms with E-state index < -0.39 is 17.9 Å². The molecule has 1 atom stereocenters. The van der Waals surface area contributed by atoms with E-state index in [0.29, 0.717) is 11.3 Å². The number of hydrogen-bond acceptors (Lipinski definition) is 3. The number of carboxylic acids is 1. The molecule has 0 bridgehead atoms. The van der Waals surface area contributed by atoms with Crippen LogP contribution in [0.4, 0.5) is 5.69 Å². The van der Waals surface area contributed by atoms with E-state index in [1.807, 2.05) is 6.92 Å². The van der Waals surface area contributed by atoms with E-state index in [4.69, 9.17) is 10.8 Å². The van der Waals surface area contributed by atoms with Crippen LogP contribution in [-0.2, 0) is 4.79 Å². The van der Waals surface area contributed by atoms with Crippen LogP contribution >= 0.6 is 0 Å². The Labute approximate surface area is 93.3 Å². The first-order valence-electron chi connectivity index (χ1n) is 4.81. The second kappa shape index (κ2) is 4.65. The number of nitrogen functional groups attached to an aromatic ring is 1. The summed E-state index contributed by atoms with van der Waals surface area (Å²) < 4.78 is 0. The molecule has 5 nitrogen and oxygen atoms in total. The van der Waals surface area contributed by atoms with E-state index in [0.717, 1.165) is 5.56 Å². The van der Waals surface area contributed by atoms with Crippen molar-refractivity contribution in [1.29, 1.82) is 0 Å². The van der Waals surface area contributed by atoms with Gasteiger partial charge < -0.3 is 16.2 Å². The molecule has 0 saturated heterocycles. The number of carbonyl (C=O) groups excluding carboxylic acids is 1. The minimum absolute atomic E-state index is 0.299. The van der Waals surface area contributed by atoms with Crippen molar-refractivity contribution in [2.24, 2.45) is 0 Å². The average Bonchev–Trinajstić information content (AvgIpc) is 2.21. The summed E-state index contributed by atoms with van der Waals surface area (Å²) in [4.78, 5) is 22.3. The number of nitrogens with one attached hydrogen (secondary N) is 1. The van der Waals surface area contributed by atoms with Gasteiger partial charge in [-0.3, -0.25) is 9.59 Å². The van der Waals surface area contributed by atoms with Gasteiger partial charge in [0.25, 0.3) is 5.91 Å². The molecule has 0 saturated carbocycles. The Kier molecular flexibility index (Phi) is 3.50. The fraction of sp³-hybridized carbons (Fsp3) is 0.273. The Hall–Kier alpha value is -2.04. The summed E-state index contributed by atoms with van der Waals surface area (Å²) in [5, 5.41) is 11.0. The van der Waals surface area contributed by atoms with Crippen LogP contribution in [-0.4, -0.2) is 23.0 Å². The molecule has 1 aromatic rings. The summed E-state index contributed by atoms with van der Waals surface area (Å²) in [5.74, 6) is -1.56. The molecule has 1 rings (SSSR count). The number of amides is 1. The zero-order valence-electron chi connectivity index (χ0n) is 9.15. The number of carbonyl (C=O) groups is 2. The first-order valence-corrected chi connectivity index (χ1v) is 4.81. The number of anilines is 1. The summed E-state index contributed by atoms with van der Waals surface area (Å²) in [5.41, 5.74) is 7.16. The molecule has 0 aromatic heterocycles. The molecule has 0 heterocycles. The monoisotopic (exact) mass is 222 g/mol. The van der Waals surface area contributed by atoms with Crippen LogP contribution in [0.15, 0.2) is 18.2 Å². The van der Waals surface area contributed by atoms with Gasteiger partial charge in [-0.1, -0.05) is 11.6 Å². The fourth-order valence-corrected chi connectivity index (χ4v) is 1.20. The van der Waals surface area contributed by atoms with Gasteiger partial charge >= 0.3 is 5.97 Å². The second-order valence-corrected chi connectivity index (χ2v) is 3.62. The molecule has 0 aliphatic rings. The highest BCUT2D eigenvalue weighted by Crippen LogP contribution is 2.13. The van der Waals surface area contributed by atoms with Crippen molar-refractivity contribution < 1.29 is 14.7 Å². The summed E-state index contributed by atoms with van der Waals surface area (Å²) in [6.45, 7) is 3.23. The van der Waals surface area contributed by atoms with E-state index in [9.17, 15) is 9.59 Å². The number of hydrogen-bond donors (Lipinski definition) is 3. The Morgan fingerprint density at radius 2 is 2.06 bits per heavy atom. The van der Waals surface area contributed by atoms with Crippen LogP contribution in [0.25, 0.3) is 0 Å². The number of carboxylic acid groups (broad SMARTS) is 1. The van der Waals surface area contributed by atoms with E-state index in [1.165, 1.54) is 6.92 Å². The third-order valence-electron chi connectivity index (χ3n) is 2.17. The Bertz CT molecular complexity index is 429. The van der Waals surface area contributed by atoms with Crippen LogP contribution in [0.3, 0.4) is 0 Å². The summed E-state index contributed by atoms with van der Waals surface area (Å²) >= 11 is 0. The zero-order valence-corrected chi connectivity index (χ0v) is 9.15. The van der Waals surface area contributed by atoms with Gasteiger partial charge in [0.2, 0.25) is 0 Å². The predicted molar refractivity (Wildman–Crippen MR) is 60.2 cm³/mol. The molecule has 86 valence electrons. The number of nitrogens with two attached hydrogens (primary N) is 1. The fourth-order valence-electron chi connectivity index (χ4n) is 1.20. The smallest absolute Gasteiger partial charge is 0.325 e. The maximum Gasteiger partial charge on any atom is 0.325 e. The Morgan fingerprint density at radius 1 is 1.44 bits per heavy atom. The van der Waals surface area contributed by atoms with Crippen LogP contribution < -0.4 is 11.1 Å². The third-order valence-corrected chi connectivity index (χ3v) is 2.17. The van der Waals surface area contributed by atoms with Gasteiger partial charge in [-0.25, -0.2) is 0 Å². The topological polar surface area (TPSA) is 92.4 Å². The molecule has 16 heavy (non-hydrogen) atoms. The van der Waals surface area contributed by atoms with Gasteiger partial charge in [0.05, 0.1) is 5.56 Å². The molecule has 1 amide bonds. The molecule has 0 aliphatic carbocycles. The van der Waals surface area contributed by atoms with E-state index in [1.54, 1.807) is 18.2 Å². The summed E-state index contributed by atoms with van der Waals surface area (Å²) in [6.07, 6.45) is 0. The lowest BCUT2D eigenvalue weighted by molar-refractivity contribution is -0.138. The largest absolute Gasteiger partial charge is 0.480 e. The standard InChI is InChI=1S/C11H14N2O3/c1-6-3-4-9(12)8(5-6)10(14)13-7(2)11(15)16/h3-5,7H,12H2,1-2H3,(H,13,14)(H,15,16). The highest BCUT2D eigenvalue weighted by molar-refractivity contribution is 6.00. The van der Waals surface area contributed by atoms with E-state index in [-0.39, 0.29) is 0 Å². The molecule has 4 N–H and O–H groups in total. The van der Waals surface area contributed by atoms with Crippen molar-refractivity contribution in [2.45, 2.75) is 19.9 Å². The predicted octanol–water partition coefficient (Wildman–Crippen LogP) is 0.780. The molecule has 5 heteroatoms. The maximum absolute atomic E-state index is 11.7. The van der Waals surface area contributed by atoms with Crippen molar-refractivity contribution in [1.82, 2.24) is 5.32 Å². The van der Waals surface area contributed by atoms with Crippen LogP contribution in [0.1, 0.15) is 22.8 Å². The number of aliphatic carboxylic acids is 1. The van der Waals surface area contributed by atoms with Crippen molar-refractivity contribution in [2.75, 3.05) is 5.73 Å². The number of benzene rings is 1. The Morgan fingerprint density at radius 3 is 2.62 bits per heavy atom. The molecule has 0 radical (unpaired) electrons. The quantitative estimate of drug-likeness (QED) is 0.659. The van der Waals surface area contributed by atoms with Gasteiger partial charge in [0.15, 0.2) is 0 Å². The van der Waals surface area contributed by atoms with Crippen molar-refractivity contribution in [3.63, 3.8) is 0 Å². The molecule has 1 aromatic carbocycles. The number of aryl methyl sites for hydroxylation is 1. The van der Waals surface area contributed by atoms with Gasteiger partial charge in [0.1, 0.15) is 6.04 Å². The summed E-state index contributed by atoms with van der Waals surface area (Å²) in [7, 11) is 0. The SMILES string of the molecule is Cc1ccc(N)c(C(=O)NC(C)C(=O)O)c1. The lowest BCUT2D eigenvalue weighted by Crippen LogP contribution is -2.38. The molecule has 0 spiro atoms. The van der Waals surface area contributed by atoms with Crippen LogP contribution in [0, 0.1) is 6.92 Å². The van der Waals surface area contributed by atoms with Crippen molar-refractivity contribution in [3.8, 4) is 0 Å².